The molecule has 0 fully saturated rings. The van der Waals surface area contributed by atoms with Crippen LogP contribution >= 0.6 is 0 Å². The summed E-state index contributed by atoms with van der Waals surface area (Å²) in [7, 11) is 0. The van der Waals surface area contributed by atoms with Crippen molar-refractivity contribution >= 4 is 11.8 Å². The Balaban J connectivity index is 3.02. The number of nitrogen functional groups attached to an aromatic ring is 1. The molecule has 0 bridgehead atoms. The molecule has 8 heteroatoms. The number of rotatable bonds is 4. The zero-order valence-corrected chi connectivity index (χ0v) is 9.54. The van der Waals surface area contributed by atoms with Gasteiger partial charge in [0, 0.05) is 18.3 Å². The highest BCUT2D eigenvalue weighted by atomic mass is 19.4. The van der Waals surface area contributed by atoms with Gasteiger partial charge in [-0.05, 0) is 13.8 Å². The minimum Gasteiger partial charge on any atom is -0.347 e. The molecule has 0 saturated heterocycles. The summed E-state index contributed by atoms with van der Waals surface area (Å²) in [6, 6.07) is 0. The van der Waals surface area contributed by atoms with Crippen molar-refractivity contribution < 1.29 is 13.2 Å². The second-order valence-electron chi connectivity index (χ2n) is 3.47. The number of hydrogen-bond donors (Lipinski definition) is 2. The van der Waals surface area contributed by atoms with Gasteiger partial charge < -0.3 is 4.90 Å². The monoisotopic (exact) mass is 249 g/mol. The van der Waals surface area contributed by atoms with Crippen LogP contribution in [0.5, 0.6) is 0 Å². The fraction of sp³-hybridized carbons (Fsp3) is 0.556. The number of alkyl halides is 3. The summed E-state index contributed by atoms with van der Waals surface area (Å²) in [5, 5.41) is 0. The van der Waals surface area contributed by atoms with E-state index in [-0.39, 0.29) is 18.3 Å². The number of aromatic nitrogens is 2. The molecule has 3 N–H and O–H groups in total. The molecule has 0 amide bonds. The zero-order chi connectivity index (χ0) is 13.1. The molecule has 0 aliphatic heterocycles. The summed E-state index contributed by atoms with van der Waals surface area (Å²) in [4.78, 5) is 8.86. The Morgan fingerprint density at radius 3 is 2.59 bits per heavy atom. The number of anilines is 2. The first-order valence-corrected chi connectivity index (χ1v) is 4.99. The van der Waals surface area contributed by atoms with Crippen molar-refractivity contribution in [3.63, 3.8) is 0 Å². The van der Waals surface area contributed by atoms with E-state index in [1.54, 1.807) is 13.8 Å². The Bertz CT molecular complexity index is 379. The lowest BCUT2D eigenvalue weighted by Gasteiger charge is -2.24. The Labute approximate surface area is 96.8 Å². The van der Waals surface area contributed by atoms with Gasteiger partial charge in [0.1, 0.15) is 12.4 Å². The van der Waals surface area contributed by atoms with E-state index in [9.17, 15) is 13.2 Å². The Morgan fingerprint density at radius 2 is 2.12 bits per heavy atom. The summed E-state index contributed by atoms with van der Waals surface area (Å²) in [6.45, 7) is 2.42. The highest BCUT2D eigenvalue weighted by Gasteiger charge is 2.31. The van der Waals surface area contributed by atoms with Crippen molar-refractivity contribution in [2.75, 3.05) is 23.4 Å². The smallest absolute Gasteiger partial charge is 0.347 e. The summed E-state index contributed by atoms with van der Waals surface area (Å²) in [5.74, 6) is 5.44. The zero-order valence-electron chi connectivity index (χ0n) is 9.54. The largest absolute Gasteiger partial charge is 0.405 e. The molecule has 1 aromatic rings. The number of hydrazine groups is 1. The maximum absolute atomic E-state index is 12.4. The van der Waals surface area contributed by atoms with Crippen molar-refractivity contribution in [2.45, 2.75) is 20.0 Å². The van der Waals surface area contributed by atoms with Crippen LogP contribution in [-0.4, -0.2) is 29.2 Å². The molecule has 0 aromatic carbocycles. The molecule has 0 atom stereocenters. The molecule has 17 heavy (non-hydrogen) atoms. The van der Waals surface area contributed by atoms with E-state index in [0.29, 0.717) is 5.56 Å². The van der Waals surface area contributed by atoms with E-state index in [1.165, 1.54) is 6.20 Å². The van der Waals surface area contributed by atoms with Gasteiger partial charge in [-0.3, -0.25) is 5.43 Å². The van der Waals surface area contributed by atoms with Crippen LogP contribution in [0.1, 0.15) is 12.5 Å². The average Bonchev–Trinajstić information content (AvgIpc) is 2.25. The van der Waals surface area contributed by atoms with Crippen LogP contribution in [-0.2, 0) is 0 Å². The number of nitrogens with zero attached hydrogens (tertiary/aromatic N) is 3. The molecular formula is C9H14F3N5. The van der Waals surface area contributed by atoms with Crippen LogP contribution in [0.2, 0.25) is 0 Å². The summed E-state index contributed by atoms with van der Waals surface area (Å²) >= 11 is 0. The second-order valence-corrected chi connectivity index (χ2v) is 3.47. The summed E-state index contributed by atoms with van der Waals surface area (Å²) in [5.41, 5.74) is 2.77. The third kappa shape index (κ3) is 3.74. The van der Waals surface area contributed by atoms with E-state index >= 15 is 0 Å². The molecule has 0 radical (unpaired) electrons. The van der Waals surface area contributed by atoms with Gasteiger partial charge in [-0.25, -0.2) is 10.8 Å². The van der Waals surface area contributed by atoms with Crippen molar-refractivity contribution in [3.05, 3.63) is 11.8 Å². The van der Waals surface area contributed by atoms with Crippen molar-refractivity contribution in [2.24, 2.45) is 5.84 Å². The third-order valence-corrected chi connectivity index (χ3v) is 2.13. The van der Waals surface area contributed by atoms with Crippen molar-refractivity contribution in [3.8, 4) is 0 Å². The van der Waals surface area contributed by atoms with Crippen LogP contribution in [0.15, 0.2) is 6.20 Å². The molecule has 0 spiro atoms. The minimum absolute atomic E-state index is 0.0891. The molecule has 5 nitrogen and oxygen atoms in total. The van der Waals surface area contributed by atoms with E-state index in [2.05, 4.69) is 15.4 Å². The average molecular weight is 249 g/mol. The fourth-order valence-electron chi connectivity index (χ4n) is 1.38. The first-order valence-electron chi connectivity index (χ1n) is 4.99. The SMILES string of the molecule is CCN(CC(F)(F)F)c1nc(NN)ncc1C. The van der Waals surface area contributed by atoms with Gasteiger partial charge in [-0.15, -0.1) is 0 Å². The molecule has 1 aromatic heterocycles. The molecule has 0 aliphatic rings. The first kappa shape index (κ1) is 13.5. The predicted molar refractivity (Wildman–Crippen MR) is 58.5 cm³/mol. The molecule has 0 aliphatic carbocycles. The van der Waals surface area contributed by atoms with Gasteiger partial charge in [0.15, 0.2) is 0 Å². The predicted octanol–water partition coefficient (Wildman–Crippen LogP) is 1.46. The lowest BCUT2D eigenvalue weighted by Crippen LogP contribution is -2.35. The maximum Gasteiger partial charge on any atom is 0.405 e. The fourth-order valence-corrected chi connectivity index (χ4v) is 1.38. The molecule has 0 saturated carbocycles. The Hall–Kier alpha value is -1.57. The van der Waals surface area contributed by atoms with Gasteiger partial charge >= 0.3 is 6.18 Å². The Kier molecular flexibility index (Phi) is 4.11. The van der Waals surface area contributed by atoms with Gasteiger partial charge in [0.05, 0.1) is 0 Å². The van der Waals surface area contributed by atoms with Crippen molar-refractivity contribution in [1.82, 2.24) is 9.97 Å². The second kappa shape index (κ2) is 5.17. The summed E-state index contributed by atoms with van der Waals surface area (Å²) < 4.78 is 37.1. The van der Waals surface area contributed by atoms with E-state index < -0.39 is 12.7 Å². The first-order chi connectivity index (χ1) is 7.87. The van der Waals surface area contributed by atoms with E-state index in [4.69, 9.17) is 5.84 Å². The number of hydrogen-bond acceptors (Lipinski definition) is 5. The highest BCUT2D eigenvalue weighted by Crippen LogP contribution is 2.23. The molecule has 96 valence electrons. The van der Waals surface area contributed by atoms with Crippen molar-refractivity contribution in [1.29, 1.82) is 0 Å². The van der Waals surface area contributed by atoms with Gasteiger partial charge in [0.2, 0.25) is 5.95 Å². The number of nitrogens with one attached hydrogen (secondary N) is 1. The van der Waals surface area contributed by atoms with Crippen LogP contribution in [0.3, 0.4) is 0 Å². The minimum atomic E-state index is -4.27. The lowest BCUT2D eigenvalue weighted by atomic mass is 10.3. The number of nitrogens with two attached hydrogens (primary N) is 1. The van der Waals surface area contributed by atoms with Crippen LogP contribution in [0.4, 0.5) is 24.9 Å². The highest BCUT2D eigenvalue weighted by molar-refractivity contribution is 5.48. The normalized spacial score (nSPS) is 11.4. The molecular weight excluding hydrogens is 235 g/mol. The molecule has 0 unspecified atom stereocenters. The van der Waals surface area contributed by atoms with Crippen LogP contribution in [0.25, 0.3) is 0 Å². The summed E-state index contributed by atoms with van der Waals surface area (Å²) in [6.07, 6.45) is -2.85. The van der Waals surface area contributed by atoms with E-state index in [0.717, 1.165) is 4.90 Å². The Morgan fingerprint density at radius 1 is 1.47 bits per heavy atom. The molecule has 1 rings (SSSR count). The van der Waals surface area contributed by atoms with Crippen LogP contribution in [0, 0.1) is 6.92 Å². The standard InChI is InChI=1S/C9H14F3N5/c1-3-17(5-9(10,11)12)7-6(2)4-14-8(15-7)16-13/h4H,3,5,13H2,1-2H3,(H,14,15,16). The molecule has 1 heterocycles. The van der Waals surface area contributed by atoms with Gasteiger partial charge in [0.25, 0.3) is 0 Å². The quantitative estimate of drug-likeness (QED) is 0.624. The lowest BCUT2D eigenvalue weighted by molar-refractivity contribution is -0.119. The third-order valence-electron chi connectivity index (χ3n) is 2.13. The number of halogens is 3. The number of aryl methyl sites for hydroxylation is 1. The van der Waals surface area contributed by atoms with Crippen LogP contribution < -0.4 is 16.2 Å². The topological polar surface area (TPSA) is 67.1 Å². The van der Waals surface area contributed by atoms with Gasteiger partial charge in [-0.1, -0.05) is 0 Å². The maximum atomic E-state index is 12.4. The van der Waals surface area contributed by atoms with Gasteiger partial charge in [-0.2, -0.15) is 18.2 Å². The van der Waals surface area contributed by atoms with E-state index in [1.807, 2.05) is 0 Å².